The Hall–Kier alpha value is -12.9. The fourth-order valence-electron chi connectivity index (χ4n) is 18.3. The summed E-state index contributed by atoms with van der Waals surface area (Å²) in [6.07, 6.45) is 6.67. The number of hydrogen-bond acceptors (Lipinski definition) is 18. The third-order valence-electron chi connectivity index (χ3n) is 25.0. The maximum Gasteiger partial charge on any atom is 0.129 e. The van der Waals surface area contributed by atoms with Crippen LogP contribution in [0.1, 0.15) is 184 Å². The van der Waals surface area contributed by atoms with E-state index in [2.05, 4.69) is 146 Å². The van der Waals surface area contributed by atoms with Crippen LogP contribution in [0.25, 0.3) is 0 Å². The largest absolute Gasteiger partial charge is 0.497 e. The Morgan fingerprint density at radius 1 is 0.174 bits per heavy atom. The van der Waals surface area contributed by atoms with Gasteiger partial charge in [0.05, 0.1) is 125 Å². The molecular weight excluding hydrogens is 1660 g/mol. The molecule has 0 fully saturated rings. The summed E-state index contributed by atoms with van der Waals surface area (Å²) in [7, 11) is 22.0. The summed E-state index contributed by atoms with van der Waals surface area (Å²) in [5, 5.41) is 49.2. The average molecular weight is 1790 g/mol. The predicted octanol–water partition coefficient (Wildman–Crippen LogP) is 21.0. The van der Waals surface area contributed by atoms with Gasteiger partial charge in [-0.25, -0.2) is 0 Å². The quantitative estimate of drug-likeness (QED) is 0.0243. The molecule has 0 amide bonds. The molecule has 0 aliphatic carbocycles. The Morgan fingerprint density at radius 3 is 0.962 bits per heavy atom. The van der Waals surface area contributed by atoms with E-state index in [4.69, 9.17) is 61.6 Å². The minimum Gasteiger partial charge on any atom is -0.497 e. The molecule has 0 aromatic heterocycles. The van der Waals surface area contributed by atoms with E-state index in [9.17, 15) is 25.5 Å². The van der Waals surface area contributed by atoms with Crippen molar-refractivity contribution < 1.29 is 87.1 Å². The van der Waals surface area contributed by atoms with Gasteiger partial charge < -0.3 is 87.1 Å². The Bertz CT molecular complexity index is 5900. The van der Waals surface area contributed by atoms with E-state index >= 15 is 0 Å². The Kier molecular flexibility index (Phi) is 35.7. The second-order valence-electron chi connectivity index (χ2n) is 33.6. The maximum absolute atomic E-state index is 10.4. The van der Waals surface area contributed by atoms with Gasteiger partial charge in [-0.15, -0.1) is 0 Å². The Labute approximate surface area is 780 Å². The zero-order chi connectivity index (χ0) is 95.0. The summed E-state index contributed by atoms with van der Waals surface area (Å²) in [6.45, 7) is 16.7. The molecule has 0 aliphatic heterocycles. The summed E-state index contributed by atoms with van der Waals surface area (Å²) in [6, 6.07) is 65.6. The van der Waals surface area contributed by atoms with Crippen molar-refractivity contribution in [2.75, 3.05) is 92.4 Å². The van der Waals surface area contributed by atoms with Crippen molar-refractivity contribution in [3.63, 3.8) is 0 Å². The van der Waals surface area contributed by atoms with E-state index in [-0.39, 0.29) is 33.0 Å². The average Bonchev–Trinajstić information content (AvgIpc) is 0.769. The summed E-state index contributed by atoms with van der Waals surface area (Å²) in [4.78, 5) is 0. The van der Waals surface area contributed by atoms with Gasteiger partial charge >= 0.3 is 0 Å². The summed E-state index contributed by atoms with van der Waals surface area (Å²) < 4.78 is 74.7. The van der Waals surface area contributed by atoms with Crippen molar-refractivity contribution >= 4 is 0 Å². The lowest BCUT2D eigenvalue weighted by molar-refractivity contribution is 0.279. The lowest BCUT2D eigenvalue weighted by Crippen LogP contribution is -2.09. The molecule has 18 heteroatoms. The van der Waals surface area contributed by atoms with Gasteiger partial charge in [0.15, 0.2) is 0 Å². The van der Waals surface area contributed by atoms with Gasteiger partial charge in [0.1, 0.15) is 74.7 Å². The van der Waals surface area contributed by atoms with Crippen molar-refractivity contribution in [2.45, 2.75) is 153 Å². The van der Waals surface area contributed by atoms with Crippen LogP contribution in [0.2, 0.25) is 0 Å². The van der Waals surface area contributed by atoms with Gasteiger partial charge in [0, 0.05) is 74.6 Å². The van der Waals surface area contributed by atoms with Crippen LogP contribution >= 0.6 is 0 Å². The van der Waals surface area contributed by atoms with Crippen molar-refractivity contribution in [2.24, 2.45) is 0 Å². The highest BCUT2D eigenvalue weighted by molar-refractivity contribution is 5.62. The first kappa shape index (κ1) is 99.6. The van der Waals surface area contributed by atoms with Crippen LogP contribution in [0.4, 0.5) is 0 Å². The zero-order valence-corrected chi connectivity index (χ0v) is 80.6. The standard InChI is InChI=1S/C44H50O6.2C35H40O6/c1-27-19-35(30(4)38(41(27)26-46)21-31-9-11-33(25-45)12-10-31)23-36-20-28(2)43(49-7)40(44(36)50-8)24-34-15-18-42(48-6)39(29(34)3)22-32-13-16-37(47-5)17-14-32;1-22-12-27(17-25-9-8-24(21-36)16-32(25)38-4)34(40-6)29(14-22)19-30-15-23(2)13-28(35(30)41-7)18-26-10-11-31(37-3)20-33(26)39-5;1-22-11-25(14-29(32(22)21-37)17-27-8-7-24(20-36)16-33(27)39-4)13-26-12-23(2)35(41-6)30(15-26)18-28-9-10-31(38-3)19-34(28)40-5/h9-20,45-46H,21-26H2,1-8H3;8-16,20,36H,17-19,21H2,1-7H3;7-12,14-16,19,36-37H,13,17-18,20-21H2,1-6H3. The number of ether oxygens (including phenoxy) is 13. The number of aryl methyl sites for hydroxylation is 6. The van der Waals surface area contributed by atoms with Crippen molar-refractivity contribution in [1.82, 2.24) is 0 Å². The number of rotatable bonds is 38. The summed E-state index contributed by atoms with van der Waals surface area (Å²) in [5.74, 6) is 10.5. The molecule has 0 spiro atoms. The number of hydrogen-bond donors (Lipinski definition) is 5. The van der Waals surface area contributed by atoms with E-state index in [0.29, 0.717) is 51.4 Å². The van der Waals surface area contributed by atoms with Crippen LogP contribution in [0.15, 0.2) is 194 Å². The van der Waals surface area contributed by atoms with Crippen LogP contribution in [0, 0.1) is 55.4 Å². The monoisotopic (exact) mass is 1790 g/mol. The van der Waals surface area contributed by atoms with E-state index in [0.717, 1.165) is 243 Å². The van der Waals surface area contributed by atoms with Gasteiger partial charge in [-0.2, -0.15) is 0 Å². The molecule has 13 rings (SSSR count). The number of aliphatic hydroxyl groups is 5. The van der Waals surface area contributed by atoms with Crippen LogP contribution in [-0.4, -0.2) is 118 Å². The van der Waals surface area contributed by atoms with Gasteiger partial charge in [0.25, 0.3) is 0 Å². The van der Waals surface area contributed by atoms with Crippen molar-refractivity contribution in [3.05, 3.63) is 378 Å². The molecule has 13 aromatic rings. The highest BCUT2D eigenvalue weighted by Gasteiger charge is 2.26. The topological polar surface area (TPSA) is 221 Å². The Balaban J connectivity index is 0.000000192. The fraction of sp³-hybridized carbons (Fsp3) is 0.316. The highest BCUT2D eigenvalue weighted by Crippen LogP contribution is 2.44. The number of methoxy groups -OCH3 is 13. The molecule has 694 valence electrons. The number of benzene rings is 13. The number of aliphatic hydroxyl groups excluding tert-OH is 5. The molecule has 13 aromatic carbocycles. The molecule has 0 aliphatic rings. The molecule has 0 bridgehead atoms. The van der Waals surface area contributed by atoms with Crippen LogP contribution in [-0.2, 0) is 97.2 Å². The van der Waals surface area contributed by atoms with Gasteiger partial charge in [-0.05, 0) is 278 Å². The van der Waals surface area contributed by atoms with E-state index in [1.54, 1.807) is 92.4 Å². The molecule has 0 saturated heterocycles. The molecule has 0 saturated carbocycles. The summed E-state index contributed by atoms with van der Waals surface area (Å²) in [5.41, 5.74) is 35.3. The Morgan fingerprint density at radius 2 is 0.515 bits per heavy atom. The van der Waals surface area contributed by atoms with Crippen molar-refractivity contribution in [1.29, 1.82) is 0 Å². The lowest BCUT2D eigenvalue weighted by atomic mass is 9.85. The molecule has 18 nitrogen and oxygen atoms in total. The third kappa shape index (κ3) is 24.0. The first-order chi connectivity index (χ1) is 63.8. The van der Waals surface area contributed by atoms with Crippen LogP contribution in [0.5, 0.6) is 74.7 Å². The first-order valence-electron chi connectivity index (χ1n) is 44.4. The van der Waals surface area contributed by atoms with Crippen molar-refractivity contribution in [3.8, 4) is 74.7 Å². The SMILES string of the molecule is COc1ccc(Cc2c(OC)ccc(Cc3c(OC)c(C)cc(Cc4cc(C)c(CO)c(Cc5ccc(CO)cc5)c4C)c3OC)c2C)cc1.COc1ccc(Cc2cc(C)cc(Cc3cc(C)cc(Cc4ccc(CO)cc4OC)c3OC)c2OC)c(OC)c1.COc1ccc(Cc2cc(Cc3cc(C)c(CO)c(Cc4ccc(CO)cc4OC)c3)cc(C)c2OC)c(OC)c1. The van der Waals surface area contributed by atoms with E-state index < -0.39 is 0 Å². The minimum atomic E-state index is -0.0400. The first-order valence-corrected chi connectivity index (χ1v) is 44.4. The van der Waals surface area contributed by atoms with Gasteiger partial charge in [-0.1, -0.05) is 145 Å². The van der Waals surface area contributed by atoms with Gasteiger partial charge in [0.2, 0.25) is 0 Å². The molecule has 132 heavy (non-hydrogen) atoms. The lowest BCUT2D eigenvalue weighted by Gasteiger charge is -2.23. The second-order valence-corrected chi connectivity index (χ2v) is 33.6. The molecule has 0 atom stereocenters. The smallest absolute Gasteiger partial charge is 0.129 e. The van der Waals surface area contributed by atoms with Crippen LogP contribution in [0.3, 0.4) is 0 Å². The fourth-order valence-corrected chi connectivity index (χ4v) is 18.3. The summed E-state index contributed by atoms with van der Waals surface area (Å²) >= 11 is 0. The second kappa shape index (κ2) is 47.2. The zero-order valence-electron chi connectivity index (χ0n) is 80.6. The molecule has 0 radical (unpaired) electrons. The molecular formula is C114H130O18. The normalized spacial score (nSPS) is 11.0. The maximum atomic E-state index is 10.4. The molecule has 0 unspecified atom stereocenters. The molecule has 0 heterocycles. The van der Waals surface area contributed by atoms with E-state index in [1.807, 2.05) is 104 Å². The van der Waals surface area contributed by atoms with E-state index in [1.165, 1.54) is 27.8 Å². The van der Waals surface area contributed by atoms with Gasteiger partial charge in [-0.3, -0.25) is 0 Å². The van der Waals surface area contributed by atoms with Crippen LogP contribution < -0.4 is 61.6 Å². The predicted molar refractivity (Wildman–Crippen MR) is 524 cm³/mol. The highest BCUT2D eigenvalue weighted by atomic mass is 16.5. The third-order valence-corrected chi connectivity index (χ3v) is 25.0. The molecule has 5 N–H and O–H groups in total. The minimum absolute atomic E-state index is 0.0176.